The molecule has 0 aliphatic carbocycles. The van der Waals surface area contributed by atoms with Crippen molar-refractivity contribution in [3.63, 3.8) is 0 Å². The Labute approximate surface area is 151 Å². The fraction of sp³-hybridized carbons (Fsp3) is 0.909. The molecule has 140 valence electrons. The largest absolute Gasteiger partial charge is 0.353 e. The van der Waals surface area contributed by atoms with Crippen molar-refractivity contribution < 1.29 is 9.47 Å². The van der Waals surface area contributed by atoms with Gasteiger partial charge in [-0.25, -0.2) is 0 Å². The molecule has 1 atom stereocenters. The Hall–Kier alpha value is -0.520. The van der Waals surface area contributed by atoms with E-state index in [0.717, 1.165) is 32.5 Å². The van der Waals surface area contributed by atoms with Crippen molar-refractivity contribution in [3.05, 3.63) is 0 Å². The molecule has 0 N–H and O–H groups in total. The van der Waals surface area contributed by atoms with Crippen LogP contribution in [0.1, 0.15) is 110 Å². The van der Waals surface area contributed by atoms with Gasteiger partial charge in [0.1, 0.15) is 0 Å². The lowest BCUT2D eigenvalue weighted by atomic mass is 10.1. The summed E-state index contributed by atoms with van der Waals surface area (Å²) in [6.07, 6.45) is 20.3. The summed E-state index contributed by atoms with van der Waals surface area (Å²) < 4.78 is 11.3. The van der Waals surface area contributed by atoms with Gasteiger partial charge in [-0.15, -0.1) is 11.8 Å². The molecule has 0 bridgehead atoms. The molecule has 1 fully saturated rings. The molecule has 1 saturated heterocycles. The van der Waals surface area contributed by atoms with Crippen molar-refractivity contribution in [2.24, 2.45) is 0 Å². The lowest BCUT2D eigenvalue weighted by Gasteiger charge is -2.22. The van der Waals surface area contributed by atoms with Crippen molar-refractivity contribution in [3.8, 4) is 11.8 Å². The summed E-state index contributed by atoms with van der Waals surface area (Å²) >= 11 is 0. The molecule has 0 aromatic heterocycles. The van der Waals surface area contributed by atoms with Gasteiger partial charge in [0.15, 0.2) is 6.29 Å². The zero-order valence-corrected chi connectivity index (χ0v) is 16.1. The highest BCUT2D eigenvalue weighted by Crippen LogP contribution is 2.14. The van der Waals surface area contributed by atoms with Gasteiger partial charge in [-0.3, -0.25) is 0 Å². The molecular weight excluding hydrogens is 296 g/mol. The zero-order valence-electron chi connectivity index (χ0n) is 16.1. The van der Waals surface area contributed by atoms with Crippen LogP contribution in [0.15, 0.2) is 0 Å². The van der Waals surface area contributed by atoms with Crippen LogP contribution in [0.2, 0.25) is 0 Å². The maximum absolute atomic E-state index is 5.76. The average molecular weight is 337 g/mol. The summed E-state index contributed by atoms with van der Waals surface area (Å²) in [4.78, 5) is 0. The van der Waals surface area contributed by atoms with E-state index < -0.39 is 0 Å². The van der Waals surface area contributed by atoms with Crippen LogP contribution < -0.4 is 0 Å². The van der Waals surface area contributed by atoms with E-state index in [2.05, 4.69) is 18.8 Å². The molecule has 1 unspecified atom stereocenters. The third-order valence-corrected chi connectivity index (χ3v) is 4.67. The number of hydrogen-bond acceptors (Lipinski definition) is 2. The van der Waals surface area contributed by atoms with Crippen LogP contribution in [0.4, 0.5) is 0 Å². The van der Waals surface area contributed by atoms with Crippen LogP contribution >= 0.6 is 0 Å². The van der Waals surface area contributed by atoms with E-state index in [-0.39, 0.29) is 6.29 Å². The second-order valence-electron chi connectivity index (χ2n) is 7.06. The van der Waals surface area contributed by atoms with Crippen molar-refractivity contribution in [2.45, 2.75) is 116 Å². The highest BCUT2D eigenvalue weighted by molar-refractivity contribution is 4.98. The Kier molecular flexibility index (Phi) is 15.5. The van der Waals surface area contributed by atoms with Crippen LogP contribution in [0.3, 0.4) is 0 Å². The van der Waals surface area contributed by atoms with Crippen molar-refractivity contribution >= 4 is 0 Å². The summed E-state index contributed by atoms with van der Waals surface area (Å²) in [6, 6.07) is 0. The highest BCUT2D eigenvalue weighted by Gasteiger charge is 2.13. The van der Waals surface area contributed by atoms with E-state index in [9.17, 15) is 0 Å². The van der Waals surface area contributed by atoms with Gasteiger partial charge in [-0.1, -0.05) is 58.3 Å². The Balaban J connectivity index is 1.72. The lowest BCUT2D eigenvalue weighted by molar-refractivity contribution is -0.162. The topological polar surface area (TPSA) is 18.5 Å². The molecule has 24 heavy (non-hydrogen) atoms. The van der Waals surface area contributed by atoms with Crippen LogP contribution in [0.5, 0.6) is 0 Å². The minimum absolute atomic E-state index is 0.0894. The fourth-order valence-electron chi connectivity index (χ4n) is 3.07. The Bertz CT molecular complexity index is 310. The van der Waals surface area contributed by atoms with Gasteiger partial charge in [0.05, 0.1) is 0 Å². The molecule has 2 heteroatoms. The van der Waals surface area contributed by atoms with Crippen molar-refractivity contribution in [1.82, 2.24) is 0 Å². The number of unbranched alkanes of at least 4 members (excludes halogenated alkanes) is 11. The first kappa shape index (κ1) is 21.5. The van der Waals surface area contributed by atoms with Crippen molar-refractivity contribution in [2.75, 3.05) is 13.2 Å². The molecule has 0 saturated carbocycles. The quantitative estimate of drug-likeness (QED) is 0.262. The second-order valence-corrected chi connectivity index (χ2v) is 7.06. The third-order valence-electron chi connectivity index (χ3n) is 4.67. The van der Waals surface area contributed by atoms with Crippen LogP contribution in [-0.4, -0.2) is 19.5 Å². The Morgan fingerprint density at radius 3 is 2.04 bits per heavy atom. The smallest absolute Gasteiger partial charge is 0.157 e. The predicted octanol–water partition coefficient (Wildman–Crippen LogP) is 6.62. The molecule has 0 radical (unpaired) electrons. The monoisotopic (exact) mass is 336 g/mol. The molecule has 2 nitrogen and oxygen atoms in total. The summed E-state index contributed by atoms with van der Waals surface area (Å²) in [5, 5.41) is 0. The van der Waals surface area contributed by atoms with E-state index in [1.165, 1.54) is 83.5 Å². The van der Waals surface area contributed by atoms with E-state index >= 15 is 0 Å². The third kappa shape index (κ3) is 13.9. The van der Waals surface area contributed by atoms with Gasteiger partial charge in [-0.2, -0.15) is 0 Å². The van der Waals surface area contributed by atoms with Crippen LogP contribution in [-0.2, 0) is 9.47 Å². The molecule has 0 amide bonds. The predicted molar refractivity (Wildman–Crippen MR) is 103 cm³/mol. The molecule has 1 aliphatic rings. The fourth-order valence-corrected chi connectivity index (χ4v) is 3.07. The standard InChI is InChI=1S/C22H40O2/c1-2-3-4-5-6-7-8-9-10-11-12-13-14-15-17-20-23-22-19-16-18-21-24-22/h22H,2-6,9-21H2,1H3. The van der Waals surface area contributed by atoms with E-state index in [0.29, 0.717) is 0 Å². The van der Waals surface area contributed by atoms with Gasteiger partial charge in [0, 0.05) is 26.1 Å². The highest BCUT2D eigenvalue weighted by atomic mass is 16.7. The first-order chi connectivity index (χ1) is 11.9. The molecule has 1 heterocycles. The Morgan fingerprint density at radius 1 is 0.792 bits per heavy atom. The molecule has 0 aromatic rings. The zero-order chi connectivity index (χ0) is 17.1. The first-order valence-electron chi connectivity index (χ1n) is 10.6. The second kappa shape index (κ2) is 17.3. The SMILES string of the molecule is CCCCCCC#CCCCCCCCCCOC1CCCCO1. The summed E-state index contributed by atoms with van der Waals surface area (Å²) in [7, 11) is 0. The maximum Gasteiger partial charge on any atom is 0.157 e. The van der Waals surface area contributed by atoms with Crippen LogP contribution in [0, 0.1) is 11.8 Å². The van der Waals surface area contributed by atoms with Gasteiger partial charge in [-0.05, 0) is 38.5 Å². The van der Waals surface area contributed by atoms with E-state index in [4.69, 9.17) is 9.47 Å². The Morgan fingerprint density at radius 2 is 1.42 bits per heavy atom. The number of ether oxygens (including phenoxy) is 2. The van der Waals surface area contributed by atoms with Gasteiger partial charge in [0.2, 0.25) is 0 Å². The summed E-state index contributed by atoms with van der Waals surface area (Å²) in [5.74, 6) is 6.66. The number of hydrogen-bond donors (Lipinski definition) is 0. The van der Waals surface area contributed by atoms with E-state index in [1.54, 1.807) is 0 Å². The first-order valence-corrected chi connectivity index (χ1v) is 10.6. The molecule has 0 aromatic carbocycles. The average Bonchev–Trinajstić information content (AvgIpc) is 2.62. The molecule has 1 aliphatic heterocycles. The minimum atomic E-state index is 0.0894. The van der Waals surface area contributed by atoms with Crippen LogP contribution in [0.25, 0.3) is 0 Å². The molecule has 1 rings (SSSR count). The van der Waals surface area contributed by atoms with Gasteiger partial charge >= 0.3 is 0 Å². The maximum atomic E-state index is 5.76. The normalized spacial score (nSPS) is 17.5. The van der Waals surface area contributed by atoms with Crippen molar-refractivity contribution in [1.29, 1.82) is 0 Å². The van der Waals surface area contributed by atoms with Gasteiger partial charge < -0.3 is 9.47 Å². The molecule has 0 spiro atoms. The summed E-state index contributed by atoms with van der Waals surface area (Å²) in [6.45, 7) is 4.01. The van der Waals surface area contributed by atoms with E-state index in [1.807, 2.05) is 0 Å². The lowest BCUT2D eigenvalue weighted by Crippen LogP contribution is -2.22. The number of rotatable bonds is 14. The molecular formula is C22H40O2. The van der Waals surface area contributed by atoms with Gasteiger partial charge in [0.25, 0.3) is 0 Å². The summed E-state index contributed by atoms with van der Waals surface area (Å²) in [5.41, 5.74) is 0. The minimum Gasteiger partial charge on any atom is -0.353 e.